The van der Waals surface area contributed by atoms with Gasteiger partial charge in [0.1, 0.15) is 0 Å². The van der Waals surface area contributed by atoms with Gasteiger partial charge >= 0.3 is 13.1 Å². The van der Waals surface area contributed by atoms with Gasteiger partial charge in [-0.3, -0.25) is 4.79 Å². The quantitative estimate of drug-likeness (QED) is 0.576. The first-order valence-electron chi connectivity index (χ1n) is 6.64. The van der Waals surface area contributed by atoms with Crippen LogP contribution >= 0.6 is 0 Å². The molecule has 0 N–H and O–H groups in total. The van der Waals surface area contributed by atoms with Crippen LogP contribution in [0.3, 0.4) is 0 Å². The Balaban J connectivity index is 2.12. The Morgan fingerprint density at radius 2 is 1.89 bits per heavy atom. The van der Waals surface area contributed by atoms with Gasteiger partial charge in [-0.15, -0.1) is 0 Å². The molecule has 104 valence electrons. The minimum atomic E-state index is -1.09. The zero-order valence-corrected chi connectivity index (χ0v) is 12.1. The van der Waals surface area contributed by atoms with E-state index in [2.05, 4.69) is 6.07 Å². The predicted octanol–water partition coefficient (Wildman–Crippen LogP) is 1.93. The predicted molar refractivity (Wildman–Crippen MR) is 69.1 cm³/mol. The molecule has 1 saturated carbocycles. The number of esters is 1. The number of nitrogens with zero attached hydrogens (tertiary/aromatic N) is 1. The Labute approximate surface area is 114 Å². The standard InChI is InChI=1S/C13H20BNO4/c1-6-17-10(16)13(8-15)7-9(13)14-18-11(2,3)12(4,5)19-14/h9H,6-7H2,1-5H3. The van der Waals surface area contributed by atoms with E-state index in [1.54, 1.807) is 6.92 Å². The van der Waals surface area contributed by atoms with E-state index in [-0.39, 0.29) is 12.4 Å². The summed E-state index contributed by atoms with van der Waals surface area (Å²) in [4.78, 5) is 11.9. The number of carbonyl (C=O) groups excluding carboxylic acids is 1. The third-order valence-corrected chi connectivity index (χ3v) is 4.45. The molecule has 0 aromatic carbocycles. The van der Waals surface area contributed by atoms with Crippen LogP contribution in [0.25, 0.3) is 0 Å². The van der Waals surface area contributed by atoms with Crippen molar-refractivity contribution in [3.8, 4) is 6.07 Å². The van der Waals surface area contributed by atoms with E-state index in [0.29, 0.717) is 6.42 Å². The molecule has 2 unspecified atom stereocenters. The van der Waals surface area contributed by atoms with Crippen LogP contribution in [0, 0.1) is 16.7 Å². The average Bonchev–Trinajstić information content (AvgIpc) is 2.98. The molecule has 0 radical (unpaired) electrons. The average molecular weight is 265 g/mol. The number of hydrogen-bond acceptors (Lipinski definition) is 5. The van der Waals surface area contributed by atoms with Crippen LogP contribution in [0.2, 0.25) is 5.82 Å². The highest BCUT2D eigenvalue weighted by Gasteiger charge is 2.71. The summed E-state index contributed by atoms with van der Waals surface area (Å²) in [7, 11) is -0.519. The van der Waals surface area contributed by atoms with Gasteiger partial charge in [-0.1, -0.05) is 0 Å². The highest BCUT2D eigenvalue weighted by molar-refractivity contribution is 6.50. The lowest BCUT2D eigenvalue weighted by Crippen LogP contribution is -2.41. The molecule has 6 heteroatoms. The van der Waals surface area contributed by atoms with Gasteiger partial charge in [-0.05, 0) is 41.0 Å². The largest absolute Gasteiger partial charge is 0.465 e. The van der Waals surface area contributed by atoms with Gasteiger partial charge in [0.15, 0.2) is 5.41 Å². The molecule has 0 aromatic rings. The van der Waals surface area contributed by atoms with Crippen molar-refractivity contribution < 1.29 is 18.8 Å². The van der Waals surface area contributed by atoms with Crippen molar-refractivity contribution in [1.29, 1.82) is 5.26 Å². The molecule has 0 bridgehead atoms. The minimum Gasteiger partial charge on any atom is -0.465 e. The zero-order valence-electron chi connectivity index (χ0n) is 12.1. The second-order valence-corrected chi connectivity index (χ2v) is 6.24. The van der Waals surface area contributed by atoms with Crippen molar-refractivity contribution >= 4 is 13.1 Å². The van der Waals surface area contributed by atoms with Crippen LogP contribution in [0.4, 0.5) is 0 Å². The number of ether oxygens (including phenoxy) is 1. The third-order valence-electron chi connectivity index (χ3n) is 4.45. The topological polar surface area (TPSA) is 68.6 Å². The van der Waals surface area contributed by atoms with Crippen LogP contribution in [0.5, 0.6) is 0 Å². The van der Waals surface area contributed by atoms with E-state index < -0.39 is 29.7 Å². The van der Waals surface area contributed by atoms with Crippen molar-refractivity contribution in [2.24, 2.45) is 5.41 Å². The van der Waals surface area contributed by atoms with Gasteiger partial charge in [0.25, 0.3) is 0 Å². The van der Waals surface area contributed by atoms with E-state index >= 15 is 0 Å². The fourth-order valence-electron chi connectivity index (χ4n) is 2.34. The maximum absolute atomic E-state index is 11.9. The summed E-state index contributed by atoms with van der Waals surface area (Å²) in [5.41, 5.74) is -1.98. The van der Waals surface area contributed by atoms with E-state index in [1.807, 2.05) is 27.7 Å². The second-order valence-electron chi connectivity index (χ2n) is 6.24. The summed E-state index contributed by atoms with van der Waals surface area (Å²) in [6.45, 7) is 9.82. The first-order chi connectivity index (χ1) is 8.70. The molecule has 19 heavy (non-hydrogen) atoms. The van der Waals surface area contributed by atoms with Gasteiger partial charge in [0, 0.05) is 5.82 Å². The third kappa shape index (κ3) is 2.05. The van der Waals surface area contributed by atoms with Gasteiger partial charge in [-0.25, -0.2) is 0 Å². The lowest BCUT2D eigenvalue weighted by atomic mass is 9.77. The summed E-state index contributed by atoms with van der Waals surface area (Å²) < 4.78 is 16.8. The Hall–Kier alpha value is -1.06. The molecular weight excluding hydrogens is 245 g/mol. The van der Waals surface area contributed by atoms with Crippen LogP contribution < -0.4 is 0 Å². The van der Waals surface area contributed by atoms with Gasteiger partial charge in [-0.2, -0.15) is 5.26 Å². The van der Waals surface area contributed by atoms with Gasteiger partial charge in [0.2, 0.25) is 0 Å². The van der Waals surface area contributed by atoms with E-state index in [4.69, 9.17) is 14.0 Å². The molecular formula is C13H20BNO4. The highest BCUT2D eigenvalue weighted by atomic mass is 16.7. The number of rotatable bonds is 3. The van der Waals surface area contributed by atoms with E-state index in [9.17, 15) is 10.1 Å². The monoisotopic (exact) mass is 265 g/mol. The zero-order chi connectivity index (χ0) is 14.5. The van der Waals surface area contributed by atoms with Crippen molar-refractivity contribution in [2.45, 2.75) is 58.1 Å². The molecule has 5 nitrogen and oxygen atoms in total. The Morgan fingerprint density at radius 1 is 1.37 bits per heavy atom. The molecule has 0 amide bonds. The smallest absolute Gasteiger partial charge is 0.463 e. The Morgan fingerprint density at radius 3 is 2.32 bits per heavy atom. The Kier molecular flexibility index (Phi) is 3.19. The summed E-state index contributed by atoms with van der Waals surface area (Å²) in [5, 5.41) is 9.28. The normalized spacial score (nSPS) is 34.7. The SMILES string of the molecule is CCOC(=O)C1(C#N)CC1B1OC(C)(C)C(C)(C)O1. The second kappa shape index (κ2) is 4.22. The molecule has 1 aliphatic carbocycles. The summed E-state index contributed by atoms with van der Waals surface area (Å²) in [6.07, 6.45) is 0.444. The van der Waals surface area contributed by atoms with Crippen molar-refractivity contribution in [3.63, 3.8) is 0 Å². The van der Waals surface area contributed by atoms with Crippen molar-refractivity contribution in [2.75, 3.05) is 6.61 Å². The molecule has 2 aliphatic rings. The molecule has 1 saturated heterocycles. The Bertz CT molecular complexity index is 426. The summed E-state index contributed by atoms with van der Waals surface area (Å²) >= 11 is 0. The van der Waals surface area contributed by atoms with E-state index in [1.165, 1.54) is 0 Å². The van der Waals surface area contributed by atoms with Crippen LogP contribution in [0.15, 0.2) is 0 Å². The first-order valence-corrected chi connectivity index (χ1v) is 6.64. The number of hydrogen-bond donors (Lipinski definition) is 0. The first kappa shape index (κ1) is 14.4. The molecule has 1 heterocycles. The maximum Gasteiger partial charge on any atom is 0.463 e. The maximum atomic E-state index is 11.9. The summed E-state index contributed by atoms with van der Waals surface area (Å²) in [6, 6.07) is 2.08. The fourth-order valence-corrected chi connectivity index (χ4v) is 2.34. The van der Waals surface area contributed by atoms with Gasteiger partial charge < -0.3 is 14.0 Å². The van der Waals surface area contributed by atoms with Gasteiger partial charge in [0.05, 0.1) is 23.9 Å². The van der Waals surface area contributed by atoms with E-state index in [0.717, 1.165) is 0 Å². The molecule has 2 fully saturated rings. The molecule has 0 spiro atoms. The fraction of sp³-hybridized carbons (Fsp3) is 0.846. The summed E-state index contributed by atoms with van der Waals surface area (Å²) in [5.74, 6) is -0.699. The lowest BCUT2D eigenvalue weighted by Gasteiger charge is -2.32. The van der Waals surface area contributed by atoms with Crippen LogP contribution in [0.1, 0.15) is 41.0 Å². The number of carbonyl (C=O) groups is 1. The van der Waals surface area contributed by atoms with Crippen molar-refractivity contribution in [1.82, 2.24) is 0 Å². The van der Waals surface area contributed by atoms with Crippen molar-refractivity contribution in [3.05, 3.63) is 0 Å². The molecule has 2 rings (SSSR count). The van der Waals surface area contributed by atoms with Crippen LogP contribution in [-0.4, -0.2) is 30.9 Å². The minimum absolute atomic E-state index is 0.238. The van der Waals surface area contributed by atoms with Crippen LogP contribution in [-0.2, 0) is 18.8 Å². The highest BCUT2D eigenvalue weighted by Crippen LogP contribution is 2.62. The molecule has 0 aromatic heterocycles. The number of nitriles is 1. The lowest BCUT2D eigenvalue weighted by molar-refractivity contribution is -0.147. The molecule has 2 atom stereocenters. The molecule has 1 aliphatic heterocycles.